The summed E-state index contributed by atoms with van der Waals surface area (Å²) in [5.74, 6) is -0.243. The van der Waals surface area contributed by atoms with Crippen molar-refractivity contribution in [3.63, 3.8) is 0 Å². The second kappa shape index (κ2) is 3.55. The second-order valence-corrected chi connectivity index (χ2v) is 4.21. The summed E-state index contributed by atoms with van der Waals surface area (Å²) in [6.07, 6.45) is 1.73. The van der Waals surface area contributed by atoms with E-state index in [9.17, 15) is 4.39 Å². The SMILES string of the molecule is Fc1ccc(-c2nccs2)c(Br)c1. The Kier molecular flexibility index (Phi) is 2.42. The molecule has 1 aromatic carbocycles. The van der Waals surface area contributed by atoms with Gasteiger partial charge in [-0.25, -0.2) is 9.37 Å². The van der Waals surface area contributed by atoms with Gasteiger partial charge in [0, 0.05) is 21.6 Å². The van der Waals surface area contributed by atoms with E-state index in [0.717, 1.165) is 15.0 Å². The third-order valence-electron chi connectivity index (χ3n) is 1.59. The van der Waals surface area contributed by atoms with Gasteiger partial charge < -0.3 is 0 Å². The molecule has 4 heteroatoms. The predicted molar refractivity (Wildman–Crippen MR) is 55.2 cm³/mol. The van der Waals surface area contributed by atoms with Gasteiger partial charge in [0.25, 0.3) is 0 Å². The first-order valence-electron chi connectivity index (χ1n) is 3.62. The number of hydrogen-bond acceptors (Lipinski definition) is 2. The van der Waals surface area contributed by atoms with Crippen molar-refractivity contribution in [1.82, 2.24) is 4.98 Å². The summed E-state index contributed by atoms with van der Waals surface area (Å²) in [4.78, 5) is 4.14. The summed E-state index contributed by atoms with van der Waals surface area (Å²) in [5, 5.41) is 2.79. The van der Waals surface area contributed by atoms with Gasteiger partial charge in [-0.3, -0.25) is 0 Å². The topological polar surface area (TPSA) is 12.9 Å². The number of hydrogen-bond donors (Lipinski definition) is 0. The third kappa shape index (κ3) is 1.78. The van der Waals surface area contributed by atoms with Crippen LogP contribution in [0.1, 0.15) is 0 Å². The lowest BCUT2D eigenvalue weighted by Crippen LogP contribution is -1.80. The van der Waals surface area contributed by atoms with Crippen LogP contribution in [-0.2, 0) is 0 Å². The van der Waals surface area contributed by atoms with E-state index in [1.54, 1.807) is 12.3 Å². The first-order chi connectivity index (χ1) is 6.27. The lowest BCUT2D eigenvalue weighted by molar-refractivity contribution is 0.627. The summed E-state index contributed by atoms with van der Waals surface area (Å²) >= 11 is 4.83. The Hall–Kier alpha value is -0.740. The van der Waals surface area contributed by atoms with E-state index in [-0.39, 0.29) is 5.82 Å². The summed E-state index contributed by atoms with van der Waals surface area (Å²) in [5.41, 5.74) is 0.927. The van der Waals surface area contributed by atoms with Gasteiger partial charge in [-0.2, -0.15) is 0 Å². The summed E-state index contributed by atoms with van der Waals surface area (Å²) in [7, 11) is 0. The Labute approximate surface area is 87.4 Å². The minimum atomic E-state index is -0.243. The molecule has 1 aromatic heterocycles. The van der Waals surface area contributed by atoms with Gasteiger partial charge in [0.2, 0.25) is 0 Å². The van der Waals surface area contributed by atoms with Gasteiger partial charge >= 0.3 is 0 Å². The molecule has 1 nitrogen and oxygen atoms in total. The van der Waals surface area contributed by atoms with Crippen molar-refractivity contribution in [2.75, 3.05) is 0 Å². The third-order valence-corrected chi connectivity index (χ3v) is 3.06. The fraction of sp³-hybridized carbons (Fsp3) is 0. The molecule has 2 aromatic rings. The maximum absolute atomic E-state index is 12.7. The maximum atomic E-state index is 12.7. The zero-order valence-electron chi connectivity index (χ0n) is 6.50. The quantitative estimate of drug-likeness (QED) is 0.759. The average molecular weight is 258 g/mol. The first-order valence-corrected chi connectivity index (χ1v) is 5.29. The molecule has 0 atom stereocenters. The molecule has 0 N–H and O–H groups in total. The lowest BCUT2D eigenvalue weighted by Gasteiger charge is -1.99. The minimum Gasteiger partial charge on any atom is -0.245 e. The Morgan fingerprint density at radius 1 is 1.38 bits per heavy atom. The minimum absolute atomic E-state index is 0.243. The average Bonchev–Trinajstić information content (AvgIpc) is 2.56. The van der Waals surface area contributed by atoms with Crippen LogP contribution in [0, 0.1) is 5.82 Å². The van der Waals surface area contributed by atoms with Gasteiger partial charge in [-0.1, -0.05) is 0 Å². The number of rotatable bonds is 1. The van der Waals surface area contributed by atoms with Crippen LogP contribution >= 0.6 is 27.3 Å². The summed E-state index contributed by atoms with van der Waals surface area (Å²) < 4.78 is 13.5. The van der Waals surface area contributed by atoms with Crippen LogP contribution in [-0.4, -0.2) is 4.98 Å². The van der Waals surface area contributed by atoms with Crippen LogP contribution < -0.4 is 0 Å². The van der Waals surface area contributed by atoms with E-state index in [1.807, 2.05) is 5.38 Å². The van der Waals surface area contributed by atoms with Crippen molar-refractivity contribution in [2.45, 2.75) is 0 Å². The number of benzene rings is 1. The zero-order valence-corrected chi connectivity index (χ0v) is 8.90. The van der Waals surface area contributed by atoms with Crippen LogP contribution in [0.5, 0.6) is 0 Å². The van der Waals surface area contributed by atoms with E-state index in [0.29, 0.717) is 0 Å². The highest BCUT2D eigenvalue weighted by atomic mass is 79.9. The Bertz CT molecular complexity index is 414. The Balaban J connectivity index is 2.53. The normalized spacial score (nSPS) is 10.3. The molecule has 66 valence electrons. The molecule has 0 spiro atoms. The molecule has 0 aliphatic rings. The van der Waals surface area contributed by atoms with Crippen molar-refractivity contribution in [3.05, 3.63) is 40.1 Å². The van der Waals surface area contributed by atoms with Gasteiger partial charge in [0.1, 0.15) is 10.8 Å². The monoisotopic (exact) mass is 257 g/mol. The molecule has 0 bridgehead atoms. The van der Waals surface area contributed by atoms with Crippen molar-refractivity contribution < 1.29 is 4.39 Å². The maximum Gasteiger partial charge on any atom is 0.124 e. The van der Waals surface area contributed by atoms with Crippen LogP contribution in [0.3, 0.4) is 0 Å². The van der Waals surface area contributed by atoms with Crippen molar-refractivity contribution in [2.24, 2.45) is 0 Å². The molecular weight excluding hydrogens is 253 g/mol. The van der Waals surface area contributed by atoms with Gasteiger partial charge in [-0.05, 0) is 34.1 Å². The fourth-order valence-corrected chi connectivity index (χ4v) is 2.37. The molecule has 0 amide bonds. The number of aromatic nitrogens is 1. The molecule has 0 aliphatic heterocycles. The van der Waals surface area contributed by atoms with Crippen LogP contribution in [0.2, 0.25) is 0 Å². The van der Waals surface area contributed by atoms with Crippen molar-refractivity contribution in [1.29, 1.82) is 0 Å². The van der Waals surface area contributed by atoms with E-state index in [1.165, 1.54) is 23.5 Å². The highest BCUT2D eigenvalue weighted by molar-refractivity contribution is 9.10. The summed E-state index contributed by atoms with van der Waals surface area (Å²) in [6, 6.07) is 4.59. The number of halogens is 2. The standard InChI is InChI=1S/C9H5BrFNS/c10-8-5-6(11)1-2-7(8)9-12-3-4-13-9/h1-5H. The fourth-order valence-electron chi connectivity index (χ4n) is 1.02. The molecule has 0 saturated carbocycles. The second-order valence-electron chi connectivity index (χ2n) is 2.46. The van der Waals surface area contributed by atoms with E-state index in [4.69, 9.17) is 0 Å². The molecule has 2 rings (SSSR count). The molecule has 0 aliphatic carbocycles. The van der Waals surface area contributed by atoms with E-state index < -0.39 is 0 Å². The molecule has 0 saturated heterocycles. The van der Waals surface area contributed by atoms with Gasteiger partial charge in [-0.15, -0.1) is 11.3 Å². The van der Waals surface area contributed by atoms with Crippen LogP contribution in [0.4, 0.5) is 4.39 Å². The first kappa shape index (κ1) is 8.84. The highest BCUT2D eigenvalue weighted by Crippen LogP contribution is 2.29. The molecule has 0 unspecified atom stereocenters. The lowest BCUT2D eigenvalue weighted by atomic mass is 10.2. The van der Waals surface area contributed by atoms with Crippen molar-refractivity contribution in [3.8, 4) is 10.6 Å². The molecular formula is C9H5BrFNS. The zero-order chi connectivity index (χ0) is 9.26. The van der Waals surface area contributed by atoms with Crippen LogP contribution in [0.15, 0.2) is 34.2 Å². The summed E-state index contributed by atoms with van der Waals surface area (Å²) in [6.45, 7) is 0. The molecule has 1 heterocycles. The largest absolute Gasteiger partial charge is 0.245 e. The van der Waals surface area contributed by atoms with E-state index in [2.05, 4.69) is 20.9 Å². The highest BCUT2D eigenvalue weighted by Gasteiger charge is 2.05. The smallest absolute Gasteiger partial charge is 0.124 e. The Morgan fingerprint density at radius 2 is 2.23 bits per heavy atom. The molecule has 0 fully saturated rings. The van der Waals surface area contributed by atoms with Crippen LogP contribution in [0.25, 0.3) is 10.6 Å². The Morgan fingerprint density at radius 3 is 2.85 bits per heavy atom. The molecule has 0 radical (unpaired) electrons. The predicted octanol–water partition coefficient (Wildman–Crippen LogP) is 3.71. The van der Waals surface area contributed by atoms with E-state index >= 15 is 0 Å². The number of nitrogens with zero attached hydrogens (tertiary/aromatic N) is 1. The molecule has 13 heavy (non-hydrogen) atoms. The van der Waals surface area contributed by atoms with Crippen molar-refractivity contribution >= 4 is 27.3 Å². The van der Waals surface area contributed by atoms with Gasteiger partial charge in [0.05, 0.1) is 0 Å². The van der Waals surface area contributed by atoms with Gasteiger partial charge in [0.15, 0.2) is 0 Å². The number of thiazole rings is 1.